The first-order chi connectivity index (χ1) is 16.0. The van der Waals surface area contributed by atoms with E-state index < -0.39 is 6.04 Å². The number of nitrogens with one attached hydrogen (secondary N) is 3. The average molecular weight is 454 g/mol. The minimum atomic E-state index is -0.587. The maximum atomic E-state index is 13.0. The highest BCUT2D eigenvalue weighted by Gasteiger charge is 2.39. The molecule has 176 valence electrons. The smallest absolute Gasteiger partial charge is 0.255 e. The highest BCUT2D eigenvalue weighted by Crippen LogP contribution is 2.28. The first-order valence-electron chi connectivity index (χ1n) is 12.0. The van der Waals surface area contributed by atoms with E-state index in [0.29, 0.717) is 31.1 Å². The van der Waals surface area contributed by atoms with E-state index in [1.807, 2.05) is 23.1 Å². The molecule has 1 unspecified atom stereocenters. The zero-order valence-electron chi connectivity index (χ0n) is 18.8. The van der Waals surface area contributed by atoms with E-state index in [4.69, 9.17) is 0 Å². The minimum Gasteiger partial charge on any atom is -0.341 e. The van der Waals surface area contributed by atoms with Crippen molar-refractivity contribution >= 4 is 23.6 Å². The third kappa shape index (κ3) is 4.52. The summed E-state index contributed by atoms with van der Waals surface area (Å²) in [5.74, 6) is -0.570. The number of hydrogen-bond donors (Lipinski definition) is 3. The minimum absolute atomic E-state index is 0.00167. The van der Waals surface area contributed by atoms with E-state index >= 15 is 0 Å². The molecule has 0 aliphatic carbocycles. The molecule has 4 heterocycles. The molecular weight excluding hydrogens is 422 g/mol. The monoisotopic (exact) mass is 453 g/mol. The lowest BCUT2D eigenvalue weighted by molar-refractivity contribution is -0.137. The molecule has 0 aromatic heterocycles. The van der Waals surface area contributed by atoms with E-state index in [-0.39, 0.29) is 36.1 Å². The van der Waals surface area contributed by atoms with E-state index in [1.165, 1.54) is 0 Å². The Morgan fingerprint density at radius 3 is 2.64 bits per heavy atom. The first-order valence-corrected chi connectivity index (χ1v) is 12.0. The molecule has 2 atom stereocenters. The van der Waals surface area contributed by atoms with Crippen LogP contribution in [-0.2, 0) is 27.5 Å². The molecule has 0 radical (unpaired) electrons. The maximum Gasteiger partial charge on any atom is 0.255 e. The zero-order chi connectivity index (χ0) is 22.9. The molecule has 0 bridgehead atoms. The van der Waals surface area contributed by atoms with Gasteiger partial charge in [-0.25, -0.2) is 0 Å². The Morgan fingerprint density at radius 1 is 1.09 bits per heavy atom. The van der Waals surface area contributed by atoms with Crippen molar-refractivity contribution in [3.05, 3.63) is 34.9 Å². The van der Waals surface area contributed by atoms with Crippen molar-refractivity contribution in [1.82, 2.24) is 25.8 Å². The van der Waals surface area contributed by atoms with Crippen LogP contribution in [0.4, 0.5) is 0 Å². The summed E-state index contributed by atoms with van der Waals surface area (Å²) in [4.78, 5) is 52.8. The van der Waals surface area contributed by atoms with Gasteiger partial charge in [0.15, 0.2) is 0 Å². The lowest BCUT2D eigenvalue weighted by Gasteiger charge is -2.34. The number of benzene rings is 1. The highest BCUT2D eigenvalue weighted by atomic mass is 16.2. The van der Waals surface area contributed by atoms with Crippen LogP contribution in [-0.4, -0.2) is 71.2 Å². The van der Waals surface area contributed by atoms with Gasteiger partial charge in [0.1, 0.15) is 6.04 Å². The molecule has 3 saturated heterocycles. The molecule has 0 spiro atoms. The number of carbonyl (C=O) groups is 4. The fourth-order valence-corrected chi connectivity index (χ4v) is 5.39. The van der Waals surface area contributed by atoms with Gasteiger partial charge in [0, 0.05) is 44.2 Å². The van der Waals surface area contributed by atoms with Crippen LogP contribution < -0.4 is 16.0 Å². The van der Waals surface area contributed by atoms with Gasteiger partial charge in [-0.3, -0.25) is 24.5 Å². The summed E-state index contributed by atoms with van der Waals surface area (Å²) in [5, 5.41) is 9.21. The molecule has 9 heteroatoms. The third-order valence-electron chi connectivity index (χ3n) is 7.35. The van der Waals surface area contributed by atoms with Crippen molar-refractivity contribution < 1.29 is 19.2 Å². The molecule has 4 aliphatic rings. The number of piperidine rings is 2. The summed E-state index contributed by atoms with van der Waals surface area (Å²) in [6.45, 7) is 3.54. The van der Waals surface area contributed by atoms with Crippen LogP contribution in [0.25, 0.3) is 0 Å². The number of imide groups is 1. The van der Waals surface area contributed by atoms with Crippen molar-refractivity contribution in [2.45, 2.75) is 69.7 Å². The van der Waals surface area contributed by atoms with Crippen molar-refractivity contribution in [2.24, 2.45) is 0 Å². The van der Waals surface area contributed by atoms with Crippen LogP contribution in [0, 0.1) is 0 Å². The SMILES string of the molecule is O=C1CCC(N2Cc3ccc(CNC4CCN(C(=O)[C@@H]5CCCN5)CC4)cc3C2=O)C(=O)N1. The summed E-state index contributed by atoms with van der Waals surface area (Å²) in [6.07, 6.45) is 4.49. The van der Waals surface area contributed by atoms with Crippen molar-refractivity contribution in [3.63, 3.8) is 0 Å². The molecule has 5 rings (SSSR count). The molecule has 4 amide bonds. The molecule has 1 aromatic carbocycles. The standard InChI is InChI=1S/C24H31N5O4/c30-21-6-5-20(22(31)27-21)29-14-16-4-3-15(12-18(16)23(29)32)13-26-17-7-10-28(11-8-17)24(33)19-2-1-9-25-19/h3-4,12,17,19-20,25-26H,1-2,5-11,13-14H2,(H,27,30,31)/t19-,20?/m0/s1. The molecule has 3 fully saturated rings. The topological polar surface area (TPSA) is 111 Å². The summed E-state index contributed by atoms with van der Waals surface area (Å²) >= 11 is 0. The number of likely N-dealkylation sites (tertiary alicyclic amines) is 1. The fraction of sp³-hybridized carbons (Fsp3) is 0.583. The van der Waals surface area contributed by atoms with E-state index in [1.54, 1.807) is 4.90 Å². The van der Waals surface area contributed by atoms with Crippen molar-refractivity contribution in [2.75, 3.05) is 19.6 Å². The molecule has 4 aliphatic heterocycles. The number of carbonyl (C=O) groups excluding carboxylic acids is 4. The van der Waals surface area contributed by atoms with Crippen LogP contribution in [0.2, 0.25) is 0 Å². The molecule has 1 aromatic rings. The van der Waals surface area contributed by atoms with Crippen molar-refractivity contribution in [1.29, 1.82) is 0 Å². The van der Waals surface area contributed by atoms with Gasteiger partial charge < -0.3 is 20.4 Å². The average Bonchev–Trinajstić information content (AvgIpc) is 3.46. The summed E-state index contributed by atoms with van der Waals surface area (Å²) < 4.78 is 0. The molecule has 33 heavy (non-hydrogen) atoms. The van der Waals surface area contributed by atoms with Gasteiger partial charge in [0.2, 0.25) is 17.7 Å². The number of hydrogen-bond acceptors (Lipinski definition) is 6. The Labute approximate surface area is 193 Å². The quantitative estimate of drug-likeness (QED) is 0.553. The number of rotatable bonds is 5. The Hall–Kier alpha value is -2.78. The summed E-state index contributed by atoms with van der Waals surface area (Å²) in [5.41, 5.74) is 2.59. The van der Waals surface area contributed by atoms with Gasteiger partial charge in [-0.1, -0.05) is 12.1 Å². The molecule has 0 saturated carbocycles. The van der Waals surface area contributed by atoms with Crippen LogP contribution >= 0.6 is 0 Å². The highest BCUT2D eigenvalue weighted by molar-refractivity contribution is 6.05. The largest absolute Gasteiger partial charge is 0.341 e. The number of nitrogens with zero attached hydrogens (tertiary/aromatic N) is 2. The fourth-order valence-electron chi connectivity index (χ4n) is 5.39. The predicted molar refractivity (Wildman–Crippen MR) is 120 cm³/mol. The Morgan fingerprint density at radius 2 is 1.91 bits per heavy atom. The van der Waals surface area contributed by atoms with Gasteiger partial charge in [-0.05, 0) is 55.8 Å². The lowest BCUT2D eigenvalue weighted by atomic mass is 10.0. The maximum absolute atomic E-state index is 13.0. The second kappa shape index (κ2) is 9.23. The van der Waals surface area contributed by atoms with E-state index in [0.717, 1.165) is 56.4 Å². The predicted octanol–water partition coefficient (Wildman–Crippen LogP) is 0.280. The summed E-state index contributed by atoms with van der Waals surface area (Å²) in [6, 6.07) is 5.66. The molecular formula is C24H31N5O4. The second-order valence-corrected chi connectivity index (χ2v) is 9.52. The van der Waals surface area contributed by atoms with Crippen LogP contribution in [0.15, 0.2) is 18.2 Å². The van der Waals surface area contributed by atoms with E-state index in [2.05, 4.69) is 16.0 Å². The van der Waals surface area contributed by atoms with Gasteiger partial charge in [0.05, 0.1) is 6.04 Å². The Kier molecular flexibility index (Phi) is 6.16. The van der Waals surface area contributed by atoms with Gasteiger partial charge in [0.25, 0.3) is 5.91 Å². The van der Waals surface area contributed by atoms with E-state index in [9.17, 15) is 19.2 Å². The van der Waals surface area contributed by atoms with Crippen LogP contribution in [0.3, 0.4) is 0 Å². The summed E-state index contributed by atoms with van der Waals surface area (Å²) in [7, 11) is 0. The second-order valence-electron chi connectivity index (χ2n) is 9.52. The third-order valence-corrected chi connectivity index (χ3v) is 7.35. The Balaban J connectivity index is 1.14. The van der Waals surface area contributed by atoms with Crippen LogP contribution in [0.5, 0.6) is 0 Å². The van der Waals surface area contributed by atoms with Crippen LogP contribution in [0.1, 0.15) is 60.0 Å². The Bertz CT molecular complexity index is 966. The van der Waals surface area contributed by atoms with Gasteiger partial charge in [-0.2, -0.15) is 0 Å². The van der Waals surface area contributed by atoms with Crippen molar-refractivity contribution in [3.8, 4) is 0 Å². The van der Waals surface area contributed by atoms with Gasteiger partial charge in [-0.15, -0.1) is 0 Å². The number of fused-ring (bicyclic) bond motifs is 1. The first kappa shape index (κ1) is 22.0. The molecule has 9 nitrogen and oxygen atoms in total. The normalized spacial score (nSPS) is 26.0. The zero-order valence-corrected chi connectivity index (χ0v) is 18.8. The van der Waals surface area contributed by atoms with Gasteiger partial charge >= 0.3 is 0 Å². The molecule has 3 N–H and O–H groups in total. The number of amides is 4. The lowest BCUT2D eigenvalue weighted by Crippen LogP contribution is -2.52.